The number of nitrogens with zero attached hydrogens (tertiary/aromatic N) is 2. The minimum atomic E-state index is -0.116. The number of hydrogen-bond acceptors (Lipinski definition) is 3. The fraction of sp³-hybridized carbons (Fsp3) is 0.500. The number of halogens is 1. The van der Waals surface area contributed by atoms with E-state index in [1.54, 1.807) is 4.90 Å². The molecular formula is C16H24ClN3O2. The van der Waals surface area contributed by atoms with E-state index in [0.717, 1.165) is 5.56 Å². The molecule has 2 amide bonds. The molecule has 1 unspecified atom stereocenters. The van der Waals surface area contributed by atoms with Gasteiger partial charge in [-0.25, -0.2) is 0 Å². The molecule has 122 valence electrons. The van der Waals surface area contributed by atoms with Crippen molar-refractivity contribution in [3.63, 3.8) is 0 Å². The number of hydrogen-bond donors (Lipinski definition) is 1. The van der Waals surface area contributed by atoms with Gasteiger partial charge in [0.15, 0.2) is 0 Å². The summed E-state index contributed by atoms with van der Waals surface area (Å²) in [5, 5.41) is 0. The Labute approximate surface area is 137 Å². The van der Waals surface area contributed by atoms with Gasteiger partial charge >= 0.3 is 0 Å². The first kappa shape index (κ1) is 18.5. The van der Waals surface area contributed by atoms with Crippen molar-refractivity contribution >= 4 is 24.2 Å². The quantitative estimate of drug-likeness (QED) is 0.900. The van der Waals surface area contributed by atoms with Gasteiger partial charge in [-0.15, -0.1) is 12.4 Å². The van der Waals surface area contributed by atoms with Crippen molar-refractivity contribution in [3.05, 3.63) is 35.9 Å². The lowest BCUT2D eigenvalue weighted by atomic mass is 10.1. The van der Waals surface area contributed by atoms with Gasteiger partial charge in [0.1, 0.15) is 0 Å². The average Bonchev–Trinajstić information content (AvgIpc) is 2.47. The van der Waals surface area contributed by atoms with Gasteiger partial charge < -0.3 is 15.5 Å². The summed E-state index contributed by atoms with van der Waals surface area (Å²) in [5.41, 5.74) is 6.68. The lowest BCUT2D eigenvalue weighted by molar-refractivity contribution is -0.139. The standard InChI is InChI=1S/C16H23N3O2.ClH/c1-13(17)11-15(20)18-7-9-19(10-8-18)16(21)12-14-5-3-2-4-6-14;/h2-6,13H,7-12,17H2,1H3;1H. The van der Waals surface area contributed by atoms with Crippen molar-refractivity contribution in [1.82, 2.24) is 9.80 Å². The Bertz CT molecular complexity index is 485. The average molecular weight is 326 g/mol. The smallest absolute Gasteiger partial charge is 0.227 e. The van der Waals surface area contributed by atoms with Crippen LogP contribution in [0.3, 0.4) is 0 Å². The third kappa shape index (κ3) is 5.31. The second-order valence-electron chi connectivity index (χ2n) is 5.61. The molecule has 0 aliphatic carbocycles. The van der Waals surface area contributed by atoms with Crippen LogP contribution >= 0.6 is 12.4 Å². The molecule has 2 N–H and O–H groups in total. The summed E-state index contributed by atoms with van der Waals surface area (Å²) >= 11 is 0. The highest BCUT2D eigenvalue weighted by atomic mass is 35.5. The third-order valence-electron chi connectivity index (χ3n) is 3.68. The first-order chi connectivity index (χ1) is 10.1. The van der Waals surface area contributed by atoms with Crippen LogP contribution in [0.5, 0.6) is 0 Å². The van der Waals surface area contributed by atoms with E-state index < -0.39 is 0 Å². The molecule has 0 saturated carbocycles. The van der Waals surface area contributed by atoms with Crippen LogP contribution in [-0.4, -0.2) is 53.8 Å². The van der Waals surface area contributed by atoms with Gasteiger partial charge in [-0.05, 0) is 12.5 Å². The fourth-order valence-corrected chi connectivity index (χ4v) is 2.49. The van der Waals surface area contributed by atoms with Crippen molar-refractivity contribution in [1.29, 1.82) is 0 Å². The number of carbonyl (C=O) groups excluding carboxylic acids is 2. The van der Waals surface area contributed by atoms with Crippen LogP contribution in [0.25, 0.3) is 0 Å². The van der Waals surface area contributed by atoms with Gasteiger partial charge in [-0.1, -0.05) is 30.3 Å². The van der Waals surface area contributed by atoms with Gasteiger partial charge in [-0.2, -0.15) is 0 Å². The van der Waals surface area contributed by atoms with Crippen LogP contribution < -0.4 is 5.73 Å². The molecule has 1 saturated heterocycles. The zero-order chi connectivity index (χ0) is 15.2. The van der Waals surface area contributed by atoms with Gasteiger partial charge in [0, 0.05) is 38.6 Å². The first-order valence-corrected chi connectivity index (χ1v) is 7.41. The van der Waals surface area contributed by atoms with Crippen LogP contribution in [0.2, 0.25) is 0 Å². The van der Waals surface area contributed by atoms with Crippen molar-refractivity contribution in [3.8, 4) is 0 Å². The predicted octanol–water partition coefficient (Wildman–Crippen LogP) is 1.06. The van der Waals surface area contributed by atoms with Crippen LogP contribution in [0.1, 0.15) is 18.9 Å². The maximum Gasteiger partial charge on any atom is 0.227 e. The fourth-order valence-electron chi connectivity index (χ4n) is 2.49. The summed E-state index contributed by atoms with van der Waals surface area (Å²) in [4.78, 5) is 27.8. The largest absolute Gasteiger partial charge is 0.339 e. The highest BCUT2D eigenvalue weighted by Gasteiger charge is 2.24. The Morgan fingerprint density at radius 2 is 1.55 bits per heavy atom. The van der Waals surface area contributed by atoms with Crippen molar-refractivity contribution < 1.29 is 9.59 Å². The van der Waals surface area contributed by atoms with E-state index in [0.29, 0.717) is 39.0 Å². The van der Waals surface area contributed by atoms with E-state index in [2.05, 4.69) is 0 Å². The van der Waals surface area contributed by atoms with E-state index in [4.69, 9.17) is 5.73 Å². The topological polar surface area (TPSA) is 66.6 Å². The highest BCUT2D eigenvalue weighted by Crippen LogP contribution is 2.08. The molecule has 1 atom stereocenters. The molecule has 5 nitrogen and oxygen atoms in total. The first-order valence-electron chi connectivity index (χ1n) is 7.41. The Hall–Kier alpha value is -1.59. The molecule has 1 heterocycles. The number of benzene rings is 1. The number of amides is 2. The number of piperazine rings is 1. The maximum atomic E-state index is 12.2. The SMILES string of the molecule is CC(N)CC(=O)N1CCN(C(=O)Cc2ccccc2)CC1.Cl. The van der Waals surface area contributed by atoms with E-state index in [1.165, 1.54) is 0 Å². The van der Waals surface area contributed by atoms with Crippen molar-refractivity contribution in [2.24, 2.45) is 5.73 Å². The molecule has 1 aromatic rings. The van der Waals surface area contributed by atoms with Crippen molar-refractivity contribution in [2.75, 3.05) is 26.2 Å². The van der Waals surface area contributed by atoms with E-state index in [1.807, 2.05) is 42.2 Å². The Morgan fingerprint density at radius 1 is 1.05 bits per heavy atom. The number of nitrogens with two attached hydrogens (primary N) is 1. The maximum absolute atomic E-state index is 12.2. The van der Waals surface area contributed by atoms with E-state index in [-0.39, 0.29) is 30.3 Å². The molecule has 0 spiro atoms. The zero-order valence-electron chi connectivity index (χ0n) is 12.9. The van der Waals surface area contributed by atoms with Gasteiger partial charge in [-0.3, -0.25) is 9.59 Å². The Morgan fingerprint density at radius 3 is 2.05 bits per heavy atom. The molecule has 1 aromatic carbocycles. The summed E-state index contributed by atoms with van der Waals surface area (Å²) in [6.45, 7) is 4.25. The van der Waals surface area contributed by atoms with Gasteiger partial charge in [0.25, 0.3) is 0 Å². The molecular weight excluding hydrogens is 302 g/mol. The second-order valence-corrected chi connectivity index (χ2v) is 5.61. The Balaban J connectivity index is 0.00000242. The minimum Gasteiger partial charge on any atom is -0.339 e. The summed E-state index contributed by atoms with van der Waals surface area (Å²) in [7, 11) is 0. The predicted molar refractivity (Wildman–Crippen MR) is 88.8 cm³/mol. The molecule has 1 fully saturated rings. The van der Waals surface area contributed by atoms with Gasteiger partial charge in [0.2, 0.25) is 11.8 Å². The summed E-state index contributed by atoms with van der Waals surface area (Å²) < 4.78 is 0. The van der Waals surface area contributed by atoms with Crippen LogP contribution in [0.4, 0.5) is 0 Å². The second kappa shape index (κ2) is 8.76. The lowest BCUT2D eigenvalue weighted by Gasteiger charge is -2.35. The summed E-state index contributed by atoms with van der Waals surface area (Å²) in [6.07, 6.45) is 0.798. The Kier molecular flexibility index (Phi) is 7.35. The van der Waals surface area contributed by atoms with Gasteiger partial charge in [0.05, 0.1) is 6.42 Å². The molecule has 1 aliphatic rings. The normalized spacial score (nSPS) is 15.9. The minimum absolute atomic E-state index is 0. The molecule has 22 heavy (non-hydrogen) atoms. The third-order valence-corrected chi connectivity index (χ3v) is 3.68. The molecule has 2 rings (SSSR count). The van der Waals surface area contributed by atoms with Crippen molar-refractivity contribution in [2.45, 2.75) is 25.8 Å². The molecule has 0 aromatic heterocycles. The molecule has 6 heteroatoms. The summed E-state index contributed by atoms with van der Waals surface area (Å²) in [6, 6.07) is 9.62. The lowest BCUT2D eigenvalue weighted by Crippen LogP contribution is -2.51. The monoisotopic (exact) mass is 325 g/mol. The zero-order valence-corrected chi connectivity index (χ0v) is 13.7. The molecule has 0 radical (unpaired) electrons. The van der Waals surface area contributed by atoms with E-state index >= 15 is 0 Å². The molecule has 0 bridgehead atoms. The van der Waals surface area contributed by atoms with Crippen LogP contribution in [0.15, 0.2) is 30.3 Å². The summed E-state index contributed by atoms with van der Waals surface area (Å²) in [5.74, 6) is 0.209. The number of carbonyl (C=O) groups is 2. The van der Waals surface area contributed by atoms with E-state index in [9.17, 15) is 9.59 Å². The highest BCUT2D eigenvalue weighted by molar-refractivity contribution is 5.85. The molecule has 1 aliphatic heterocycles. The number of rotatable bonds is 4. The van der Waals surface area contributed by atoms with Crippen LogP contribution in [0, 0.1) is 0 Å². The van der Waals surface area contributed by atoms with Crippen LogP contribution in [-0.2, 0) is 16.0 Å².